The molecule has 0 aliphatic carbocycles. The molecule has 0 fully saturated rings. The van der Waals surface area contributed by atoms with Crippen LogP contribution < -0.4 is 10.1 Å². The molecule has 0 amide bonds. The van der Waals surface area contributed by atoms with Gasteiger partial charge in [-0.25, -0.2) is 0 Å². The van der Waals surface area contributed by atoms with Gasteiger partial charge in [0.25, 0.3) is 0 Å². The molecule has 0 radical (unpaired) electrons. The average Bonchev–Trinajstić information content (AvgIpc) is 2.32. The first-order valence-electron chi connectivity index (χ1n) is 6.49. The zero-order chi connectivity index (χ0) is 15.3. The minimum absolute atomic E-state index is 0.00171. The first-order chi connectivity index (χ1) is 9.20. The summed E-state index contributed by atoms with van der Waals surface area (Å²) in [7, 11) is 0. The van der Waals surface area contributed by atoms with Crippen LogP contribution in [0.15, 0.2) is 30.4 Å². The molecule has 110 valence electrons. The van der Waals surface area contributed by atoms with Gasteiger partial charge in [0, 0.05) is 17.6 Å². The second-order valence-electron chi connectivity index (χ2n) is 5.82. The van der Waals surface area contributed by atoms with Crippen molar-refractivity contribution in [3.8, 4) is 5.75 Å². The SMILES string of the molecule is C=C(CNC(C)(C)C)COc1cccc(C)c1[N+](=O)[O-]. The van der Waals surface area contributed by atoms with E-state index in [9.17, 15) is 10.1 Å². The highest BCUT2D eigenvalue weighted by atomic mass is 16.6. The number of nitro groups is 1. The van der Waals surface area contributed by atoms with Gasteiger partial charge in [0.1, 0.15) is 6.61 Å². The van der Waals surface area contributed by atoms with Crippen LogP contribution in [0.5, 0.6) is 5.75 Å². The van der Waals surface area contributed by atoms with E-state index in [0.29, 0.717) is 12.1 Å². The summed E-state index contributed by atoms with van der Waals surface area (Å²) in [5, 5.41) is 14.3. The number of para-hydroxylation sites is 1. The van der Waals surface area contributed by atoms with Crippen molar-refractivity contribution in [1.82, 2.24) is 5.32 Å². The lowest BCUT2D eigenvalue weighted by Crippen LogP contribution is -2.37. The van der Waals surface area contributed by atoms with Crippen LogP contribution >= 0.6 is 0 Å². The van der Waals surface area contributed by atoms with Gasteiger partial charge in [-0.2, -0.15) is 0 Å². The maximum Gasteiger partial charge on any atom is 0.313 e. The topological polar surface area (TPSA) is 64.4 Å². The minimum Gasteiger partial charge on any atom is -0.482 e. The molecule has 0 heterocycles. The quantitative estimate of drug-likeness (QED) is 0.493. The molecule has 0 aliphatic rings. The summed E-state index contributed by atoms with van der Waals surface area (Å²) < 4.78 is 5.53. The van der Waals surface area contributed by atoms with E-state index < -0.39 is 4.92 Å². The molecule has 0 bridgehead atoms. The first kappa shape index (κ1) is 16.2. The van der Waals surface area contributed by atoms with E-state index in [4.69, 9.17) is 4.74 Å². The summed E-state index contributed by atoms with van der Waals surface area (Å²) >= 11 is 0. The second kappa shape index (κ2) is 6.52. The number of nitro benzene ring substituents is 1. The Kier molecular flexibility index (Phi) is 5.27. The van der Waals surface area contributed by atoms with Gasteiger partial charge >= 0.3 is 5.69 Å². The van der Waals surface area contributed by atoms with Crippen molar-refractivity contribution in [3.05, 3.63) is 46.0 Å². The number of rotatable bonds is 6. The van der Waals surface area contributed by atoms with E-state index in [-0.39, 0.29) is 23.6 Å². The number of nitrogens with zero attached hydrogens (tertiary/aromatic N) is 1. The van der Waals surface area contributed by atoms with E-state index in [0.717, 1.165) is 5.57 Å². The fourth-order valence-corrected chi connectivity index (χ4v) is 1.60. The summed E-state index contributed by atoms with van der Waals surface area (Å²) in [5.74, 6) is 0.284. The minimum atomic E-state index is -0.416. The number of hydrogen-bond acceptors (Lipinski definition) is 4. The number of ether oxygens (including phenoxy) is 1. The van der Waals surface area contributed by atoms with Gasteiger partial charge in [-0.15, -0.1) is 0 Å². The van der Waals surface area contributed by atoms with Crippen molar-refractivity contribution in [2.75, 3.05) is 13.2 Å². The van der Waals surface area contributed by atoms with Crippen LogP contribution in [0.1, 0.15) is 26.3 Å². The number of aryl methyl sites for hydroxylation is 1. The molecule has 5 heteroatoms. The van der Waals surface area contributed by atoms with Gasteiger partial charge in [0.05, 0.1) is 4.92 Å². The Morgan fingerprint density at radius 1 is 1.45 bits per heavy atom. The van der Waals surface area contributed by atoms with Crippen LogP contribution in [0.4, 0.5) is 5.69 Å². The van der Waals surface area contributed by atoms with Crippen LogP contribution in [0.2, 0.25) is 0 Å². The fraction of sp³-hybridized carbons (Fsp3) is 0.467. The Morgan fingerprint density at radius 3 is 2.65 bits per heavy atom. The van der Waals surface area contributed by atoms with Crippen molar-refractivity contribution < 1.29 is 9.66 Å². The monoisotopic (exact) mass is 278 g/mol. The summed E-state index contributed by atoms with van der Waals surface area (Å²) in [4.78, 5) is 10.6. The molecule has 0 saturated heterocycles. The molecule has 0 aromatic heterocycles. The predicted octanol–water partition coefficient (Wildman–Crippen LogP) is 3.23. The molecule has 1 N–H and O–H groups in total. The van der Waals surface area contributed by atoms with Crippen molar-refractivity contribution >= 4 is 5.69 Å². The molecule has 0 unspecified atom stereocenters. The van der Waals surface area contributed by atoms with Crippen LogP contribution in [0.3, 0.4) is 0 Å². The third-order valence-electron chi connectivity index (χ3n) is 2.68. The van der Waals surface area contributed by atoms with Crippen molar-refractivity contribution in [2.24, 2.45) is 0 Å². The standard InChI is InChI=1S/C15H22N2O3/c1-11(9-16-15(3,4)5)10-20-13-8-6-7-12(2)14(13)17(18)19/h6-8,16H,1,9-10H2,2-5H3. The molecular weight excluding hydrogens is 256 g/mol. The molecule has 0 saturated carbocycles. The highest BCUT2D eigenvalue weighted by Crippen LogP contribution is 2.30. The van der Waals surface area contributed by atoms with E-state index in [1.807, 2.05) is 0 Å². The van der Waals surface area contributed by atoms with Gasteiger partial charge in [-0.05, 0) is 39.3 Å². The number of hydrogen-bond donors (Lipinski definition) is 1. The summed E-state index contributed by atoms with van der Waals surface area (Å²) in [6.07, 6.45) is 0. The Bertz CT molecular complexity index is 504. The first-order valence-corrected chi connectivity index (χ1v) is 6.49. The van der Waals surface area contributed by atoms with Crippen molar-refractivity contribution in [1.29, 1.82) is 0 Å². The molecule has 0 spiro atoms. The van der Waals surface area contributed by atoms with E-state index in [2.05, 4.69) is 32.7 Å². The largest absolute Gasteiger partial charge is 0.482 e. The van der Waals surface area contributed by atoms with Crippen molar-refractivity contribution in [2.45, 2.75) is 33.2 Å². The molecule has 0 aliphatic heterocycles. The smallest absolute Gasteiger partial charge is 0.313 e. The van der Waals surface area contributed by atoms with E-state index in [1.165, 1.54) is 0 Å². The molecule has 1 aromatic rings. The van der Waals surface area contributed by atoms with Gasteiger partial charge in [-0.1, -0.05) is 18.7 Å². The molecule has 20 heavy (non-hydrogen) atoms. The van der Waals surface area contributed by atoms with Gasteiger partial charge < -0.3 is 10.1 Å². The fourth-order valence-electron chi connectivity index (χ4n) is 1.60. The lowest BCUT2D eigenvalue weighted by atomic mass is 10.1. The average molecular weight is 278 g/mol. The van der Waals surface area contributed by atoms with E-state index >= 15 is 0 Å². The Labute approximate surface area is 119 Å². The van der Waals surface area contributed by atoms with E-state index in [1.54, 1.807) is 25.1 Å². The van der Waals surface area contributed by atoms with Crippen LogP contribution in [-0.4, -0.2) is 23.6 Å². The van der Waals surface area contributed by atoms with Crippen molar-refractivity contribution in [3.63, 3.8) is 0 Å². The van der Waals surface area contributed by atoms with Crippen LogP contribution in [0, 0.1) is 17.0 Å². The Hall–Kier alpha value is -1.88. The maximum absolute atomic E-state index is 11.0. The molecule has 0 atom stereocenters. The molecule has 1 aromatic carbocycles. The highest BCUT2D eigenvalue weighted by molar-refractivity contribution is 5.52. The summed E-state index contributed by atoms with van der Waals surface area (Å²) in [6, 6.07) is 5.05. The number of benzene rings is 1. The third-order valence-corrected chi connectivity index (χ3v) is 2.68. The normalized spacial score (nSPS) is 11.2. The van der Waals surface area contributed by atoms with Crippen LogP contribution in [0.25, 0.3) is 0 Å². The highest BCUT2D eigenvalue weighted by Gasteiger charge is 2.18. The Morgan fingerprint density at radius 2 is 2.10 bits per heavy atom. The molecular formula is C15H22N2O3. The Balaban J connectivity index is 2.64. The summed E-state index contributed by atoms with van der Waals surface area (Å²) in [6.45, 7) is 12.7. The van der Waals surface area contributed by atoms with Gasteiger partial charge in [0.15, 0.2) is 5.75 Å². The third kappa shape index (κ3) is 5.01. The predicted molar refractivity (Wildman–Crippen MR) is 80.2 cm³/mol. The van der Waals surface area contributed by atoms with Gasteiger partial charge in [-0.3, -0.25) is 10.1 Å². The number of nitrogens with one attached hydrogen (secondary N) is 1. The van der Waals surface area contributed by atoms with Gasteiger partial charge in [0.2, 0.25) is 0 Å². The maximum atomic E-state index is 11.0. The lowest BCUT2D eigenvalue weighted by molar-refractivity contribution is -0.386. The lowest BCUT2D eigenvalue weighted by Gasteiger charge is -2.21. The second-order valence-corrected chi connectivity index (χ2v) is 5.82. The zero-order valence-corrected chi connectivity index (χ0v) is 12.5. The zero-order valence-electron chi connectivity index (χ0n) is 12.5. The van der Waals surface area contributed by atoms with Crippen LogP contribution in [-0.2, 0) is 0 Å². The molecule has 5 nitrogen and oxygen atoms in total. The molecule has 1 rings (SSSR count). The summed E-state index contributed by atoms with van der Waals surface area (Å²) in [5.41, 5.74) is 1.45.